The predicted octanol–water partition coefficient (Wildman–Crippen LogP) is 3.14. The lowest BCUT2D eigenvalue weighted by Crippen LogP contribution is -2.47. The average molecular weight is 474 g/mol. The number of nitrogens with zero attached hydrogens (tertiary/aromatic N) is 1. The number of hydrogen-bond acceptors (Lipinski definition) is 5. The van der Waals surface area contributed by atoms with Crippen LogP contribution < -0.4 is 10.0 Å². The first kappa shape index (κ1) is 22.8. The molecule has 2 aromatic rings. The fraction of sp³-hybridized carbons (Fsp3) is 0.391. The number of nitrogens with one attached hydrogen (secondary N) is 2. The zero-order valence-electron chi connectivity index (χ0n) is 18.1. The van der Waals surface area contributed by atoms with Crippen molar-refractivity contribution >= 4 is 39.3 Å². The predicted molar refractivity (Wildman–Crippen MR) is 125 cm³/mol. The summed E-state index contributed by atoms with van der Waals surface area (Å²) in [4.78, 5) is 28.1. The summed E-state index contributed by atoms with van der Waals surface area (Å²) in [6.07, 6.45) is 1.89. The van der Waals surface area contributed by atoms with Gasteiger partial charge in [0.15, 0.2) is 5.25 Å². The Morgan fingerprint density at radius 1 is 1.19 bits per heavy atom. The molecule has 2 heterocycles. The Hall–Kier alpha value is -2.36. The van der Waals surface area contributed by atoms with E-state index in [-0.39, 0.29) is 17.3 Å². The second kappa shape index (κ2) is 9.25. The van der Waals surface area contributed by atoms with Crippen molar-refractivity contribution in [1.82, 2.24) is 9.62 Å². The zero-order valence-corrected chi connectivity index (χ0v) is 19.8. The van der Waals surface area contributed by atoms with Gasteiger partial charge in [-0.1, -0.05) is 36.8 Å². The Balaban J connectivity index is 1.46. The van der Waals surface area contributed by atoms with Crippen LogP contribution in [-0.2, 0) is 26.2 Å². The number of likely N-dealkylation sites (tertiary alicyclic amines) is 1. The lowest BCUT2D eigenvalue weighted by atomic mass is 9.99. The molecule has 9 heteroatoms. The van der Waals surface area contributed by atoms with E-state index in [1.807, 2.05) is 31.2 Å². The quantitative estimate of drug-likeness (QED) is 0.651. The number of sulfonamides is 1. The standard InChI is InChI=1S/C23H27N3O4S2/c1-15-8-10-26(11-9-15)23(28)21-22(27)25-19-13-18(6-7-20(19)31-21)32(29,30)24-14-17-5-3-4-16(2)12-17/h3-7,12-13,15,21,24H,8-11,14H2,1-2H3,(H,25,27). The number of aryl methyl sites for hydroxylation is 1. The maximum atomic E-state index is 12.9. The van der Waals surface area contributed by atoms with Crippen LogP contribution in [0.15, 0.2) is 52.3 Å². The maximum absolute atomic E-state index is 12.9. The number of amides is 2. The van der Waals surface area contributed by atoms with E-state index in [2.05, 4.69) is 17.0 Å². The van der Waals surface area contributed by atoms with Crippen molar-refractivity contribution in [2.45, 2.75) is 48.3 Å². The normalized spacial score (nSPS) is 19.4. The van der Waals surface area contributed by atoms with Crippen LogP contribution in [0.2, 0.25) is 0 Å². The molecule has 1 fully saturated rings. The molecule has 1 saturated heterocycles. The van der Waals surface area contributed by atoms with Gasteiger partial charge >= 0.3 is 0 Å². The first-order valence-electron chi connectivity index (χ1n) is 10.7. The molecule has 4 rings (SSSR count). The minimum Gasteiger partial charge on any atom is -0.341 e. The average Bonchev–Trinajstić information content (AvgIpc) is 2.77. The first-order chi connectivity index (χ1) is 15.2. The van der Waals surface area contributed by atoms with Crippen molar-refractivity contribution in [3.05, 3.63) is 53.6 Å². The Kier molecular flexibility index (Phi) is 6.60. The molecule has 170 valence electrons. The van der Waals surface area contributed by atoms with Crippen LogP contribution in [0.5, 0.6) is 0 Å². The van der Waals surface area contributed by atoms with Crippen LogP contribution in [0, 0.1) is 12.8 Å². The summed E-state index contributed by atoms with van der Waals surface area (Å²) in [5.41, 5.74) is 2.33. The van der Waals surface area contributed by atoms with Crippen molar-refractivity contribution < 1.29 is 18.0 Å². The van der Waals surface area contributed by atoms with Crippen molar-refractivity contribution in [1.29, 1.82) is 0 Å². The summed E-state index contributed by atoms with van der Waals surface area (Å²) in [7, 11) is -3.76. The highest BCUT2D eigenvalue weighted by atomic mass is 32.2. The topological polar surface area (TPSA) is 95.6 Å². The number of piperidine rings is 1. The van der Waals surface area contributed by atoms with Gasteiger partial charge in [0, 0.05) is 24.5 Å². The molecule has 0 bridgehead atoms. The van der Waals surface area contributed by atoms with Gasteiger partial charge in [0.1, 0.15) is 0 Å². The van der Waals surface area contributed by atoms with E-state index in [0.29, 0.717) is 29.6 Å². The summed E-state index contributed by atoms with van der Waals surface area (Å²) < 4.78 is 28.1. The second-order valence-corrected chi connectivity index (χ2v) is 11.4. The second-order valence-electron chi connectivity index (χ2n) is 8.47. The molecular formula is C23H27N3O4S2. The highest BCUT2D eigenvalue weighted by Crippen LogP contribution is 2.38. The van der Waals surface area contributed by atoms with Crippen LogP contribution in [0.1, 0.15) is 30.9 Å². The molecule has 0 aliphatic carbocycles. The third kappa shape index (κ3) is 5.00. The Labute approximate surface area is 193 Å². The summed E-state index contributed by atoms with van der Waals surface area (Å²) in [5, 5.41) is 1.88. The molecule has 0 spiro atoms. The van der Waals surface area contributed by atoms with Crippen LogP contribution in [0.3, 0.4) is 0 Å². The van der Waals surface area contributed by atoms with E-state index in [4.69, 9.17) is 0 Å². The lowest BCUT2D eigenvalue weighted by molar-refractivity contribution is -0.135. The van der Waals surface area contributed by atoms with Gasteiger partial charge < -0.3 is 10.2 Å². The Morgan fingerprint density at radius 3 is 2.66 bits per heavy atom. The monoisotopic (exact) mass is 473 g/mol. The first-order valence-corrected chi connectivity index (χ1v) is 13.0. The molecule has 1 unspecified atom stereocenters. The number of carbonyl (C=O) groups is 2. The number of rotatable bonds is 5. The van der Waals surface area contributed by atoms with Crippen LogP contribution >= 0.6 is 11.8 Å². The van der Waals surface area contributed by atoms with Crippen molar-refractivity contribution in [2.75, 3.05) is 18.4 Å². The van der Waals surface area contributed by atoms with E-state index in [1.165, 1.54) is 23.9 Å². The van der Waals surface area contributed by atoms with E-state index < -0.39 is 21.2 Å². The summed E-state index contributed by atoms with van der Waals surface area (Å²) >= 11 is 1.18. The van der Waals surface area contributed by atoms with E-state index in [9.17, 15) is 18.0 Å². The maximum Gasteiger partial charge on any atom is 0.247 e. The number of thioether (sulfide) groups is 1. The molecule has 0 aromatic heterocycles. The third-order valence-electron chi connectivity index (χ3n) is 5.87. The number of anilines is 1. The Morgan fingerprint density at radius 2 is 1.94 bits per heavy atom. The van der Waals surface area contributed by atoms with Gasteiger partial charge in [-0.15, -0.1) is 11.8 Å². The molecule has 0 radical (unpaired) electrons. The highest BCUT2D eigenvalue weighted by Gasteiger charge is 2.37. The molecule has 2 amide bonds. The third-order valence-corrected chi connectivity index (χ3v) is 8.53. The van der Waals surface area contributed by atoms with Crippen molar-refractivity contribution in [3.8, 4) is 0 Å². The fourth-order valence-electron chi connectivity index (χ4n) is 3.90. The number of fused-ring (bicyclic) bond motifs is 1. The zero-order chi connectivity index (χ0) is 22.9. The Bertz CT molecular complexity index is 1140. The minimum atomic E-state index is -3.76. The molecule has 32 heavy (non-hydrogen) atoms. The lowest BCUT2D eigenvalue weighted by Gasteiger charge is -2.33. The summed E-state index contributed by atoms with van der Waals surface area (Å²) in [6.45, 7) is 5.63. The van der Waals surface area contributed by atoms with Crippen molar-refractivity contribution in [2.24, 2.45) is 5.92 Å². The van der Waals surface area contributed by atoms with E-state index >= 15 is 0 Å². The van der Waals surface area contributed by atoms with Gasteiger partial charge in [0.05, 0.1) is 10.6 Å². The molecule has 2 aliphatic heterocycles. The number of benzene rings is 2. The van der Waals surface area contributed by atoms with E-state index in [0.717, 1.165) is 24.0 Å². The molecule has 2 N–H and O–H groups in total. The van der Waals surface area contributed by atoms with Gasteiger partial charge in [-0.05, 0) is 49.4 Å². The summed E-state index contributed by atoms with van der Waals surface area (Å²) in [6, 6.07) is 12.2. The SMILES string of the molecule is Cc1cccc(CNS(=O)(=O)c2ccc3c(c2)NC(=O)C(C(=O)N2CCC(C)CC2)S3)c1. The summed E-state index contributed by atoms with van der Waals surface area (Å²) in [5.74, 6) is 0.00228. The highest BCUT2D eigenvalue weighted by molar-refractivity contribution is 8.01. The van der Waals surface area contributed by atoms with Gasteiger partial charge in [-0.3, -0.25) is 9.59 Å². The molecule has 0 saturated carbocycles. The van der Waals surface area contributed by atoms with Crippen LogP contribution in [0.4, 0.5) is 5.69 Å². The molecule has 7 nitrogen and oxygen atoms in total. The van der Waals surface area contributed by atoms with Crippen molar-refractivity contribution in [3.63, 3.8) is 0 Å². The molecular weight excluding hydrogens is 446 g/mol. The number of carbonyl (C=O) groups excluding carboxylic acids is 2. The van der Waals surface area contributed by atoms with Gasteiger partial charge in [-0.2, -0.15) is 0 Å². The van der Waals surface area contributed by atoms with Crippen LogP contribution in [-0.4, -0.2) is 43.5 Å². The van der Waals surface area contributed by atoms with Crippen LogP contribution in [0.25, 0.3) is 0 Å². The number of hydrogen-bond donors (Lipinski definition) is 2. The molecule has 2 aliphatic rings. The van der Waals surface area contributed by atoms with E-state index in [1.54, 1.807) is 11.0 Å². The fourth-order valence-corrected chi connectivity index (χ4v) is 5.99. The smallest absolute Gasteiger partial charge is 0.247 e. The largest absolute Gasteiger partial charge is 0.341 e. The minimum absolute atomic E-state index is 0.0691. The molecule has 2 aromatic carbocycles. The van der Waals surface area contributed by atoms with Gasteiger partial charge in [0.25, 0.3) is 0 Å². The van der Waals surface area contributed by atoms with Gasteiger partial charge in [-0.25, -0.2) is 13.1 Å². The van der Waals surface area contributed by atoms with Gasteiger partial charge in [0.2, 0.25) is 21.8 Å². The molecule has 1 atom stereocenters.